The number of rotatable bonds is 11. The average Bonchev–Trinajstić information content (AvgIpc) is 2.84. The molecule has 3 aromatic rings. The van der Waals surface area contributed by atoms with Gasteiger partial charge in [-0.2, -0.15) is 0 Å². The molecule has 0 aliphatic rings. The van der Waals surface area contributed by atoms with Gasteiger partial charge in [0.1, 0.15) is 6.04 Å². The van der Waals surface area contributed by atoms with Gasteiger partial charge < -0.3 is 10.2 Å². The first-order valence-corrected chi connectivity index (χ1v) is 12.8. The molecule has 0 heterocycles. The minimum absolute atomic E-state index is 0.120. The minimum Gasteiger partial charge on any atom is -0.354 e. The maximum atomic E-state index is 13.7. The molecule has 1 atom stereocenters. The molecule has 184 valence electrons. The van der Waals surface area contributed by atoms with Crippen LogP contribution in [0.1, 0.15) is 36.5 Å². The van der Waals surface area contributed by atoms with E-state index < -0.39 is 6.04 Å². The quantitative estimate of drug-likeness (QED) is 0.278. The van der Waals surface area contributed by atoms with Crippen molar-refractivity contribution in [3.8, 4) is 0 Å². The lowest BCUT2D eigenvalue weighted by Crippen LogP contribution is -2.51. The Morgan fingerprint density at radius 2 is 1.60 bits per heavy atom. The number of benzene rings is 3. The summed E-state index contributed by atoms with van der Waals surface area (Å²) in [6.07, 6.45) is 2.34. The van der Waals surface area contributed by atoms with Crippen LogP contribution in [0, 0.1) is 0 Å². The normalized spacial score (nSPS) is 11.7. The lowest BCUT2D eigenvalue weighted by Gasteiger charge is -2.32. The third kappa shape index (κ3) is 8.28. The average molecular weight is 532 g/mol. The second kappa shape index (κ2) is 13.5. The van der Waals surface area contributed by atoms with Crippen LogP contribution in [0.5, 0.6) is 0 Å². The van der Waals surface area contributed by atoms with E-state index in [0.29, 0.717) is 28.0 Å². The van der Waals surface area contributed by atoms with Crippen LogP contribution in [0.2, 0.25) is 15.1 Å². The number of carbonyl (C=O) groups is 2. The van der Waals surface area contributed by atoms with Gasteiger partial charge in [-0.15, -0.1) is 0 Å². The molecule has 2 amide bonds. The van der Waals surface area contributed by atoms with E-state index in [0.717, 1.165) is 29.5 Å². The van der Waals surface area contributed by atoms with Crippen molar-refractivity contribution in [2.24, 2.45) is 0 Å². The van der Waals surface area contributed by atoms with E-state index in [4.69, 9.17) is 34.8 Å². The second-order valence-corrected chi connectivity index (χ2v) is 9.68. The van der Waals surface area contributed by atoms with E-state index >= 15 is 0 Å². The predicted molar refractivity (Wildman–Crippen MR) is 144 cm³/mol. The van der Waals surface area contributed by atoms with Gasteiger partial charge in [0.15, 0.2) is 0 Å². The largest absolute Gasteiger partial charge is 0.354 e. The van der Waals surface area contributed by atoms with Crippen molar-refractivity contribution in [2.45, 2.75) is 45.2 Å². The number of halogens is 3. The van der Waals surface area contributed by atoms with Gasteiger partial charge in [0.25, 0.3) is 0 Å². The van der Waals surface area contributed by atoms with E-state index in [-0.39, 0.29) is 24.8 Å². The third-order valence-electron chi connectivity index (χ3n) is 5.68. The number of amides is 2. The van der Waals surface area contributed by atoms with Crippen molar-refractivity contribution in [2.75, 3.05) is 6.54 Å². The van der Waals surface area contributed by atoms with Crippen molar-refractivity contribution in [3.63, 3.8) is 0 Å². The molecule has 0 aliphatic carbocycles. The van der Waals surface area contributed by atoms with Gasteiger partial charge in [-0.1, -0.05) is 96.7 Å². The van der Waals surface area contributed by atoms with Crippen molar-refractivity contribution < 1.29 is 9.59 Å². The Hall–Kier alpha value is -2.53. The highest BCUT2D eigenvalue weighted by Gasteiger charge is 2.30. The molecule has 35 heavy (non-hydrogen) atoms. The monoisotopic (exact) mass is 530 g/mol. The van der Waals surface area contributed by atoms with E-state index in [1.807, 2.05) is 48.5 Å². The van der Waals surface area contributed by atoms with Crippen molar-refractivity contribution >= 4 is 46.6 Å². The van der Waals surface area contributed by atoms with Gasteiger partial charge in [0.2, 0.25) is 11.8 Å². The SMILES string of the molecule is CCCCNC(=O)[C@H](Cc1ccccc1)N(Cc1ccc(Cl)c(Cl)c1)C(=O)Cc1cccc(Cl)c1. The standard InChI is InChI=1S/C28H29Cl3N2O2/c1-2-3-14-32-28(35)26(17-20-8-5-4-6-9-20)33(19-22-12-13-24(30)25(31)16-22)27(34)18-21-10-7-11-23(29)15-21/h4-13,15-16,26H,2-3,14,17-19H2,1H3,(H,32,35)/t26-/m0/s1. The molecule has 0 aromatic heterocycles. The lowest BCUT2D eigenvalue weighted by atomic mass is 10.0. The molecule has 0 saturated carbocycles. The van der Waals surface area contributed by atoms with Crippen LogP contribution in [0.4, 0.5) is 0 Å². The van der Waals surface area contributed by atoms with Crippen LogP contribution in [0.3, 0.4) is 0 Å². The topological polar surface area (TPSA) is 49.4 Å². The number of unbranched alkanes of at least 4 members (excludes halogenated alkanes) is 1. The molecule has 0 bridgehead atoms. The summed E-state index contributed by atoms with van der Waals surface area (Å²) in [6, 6.07) is 21.5. The van der Waals surface area contributed by atoms with Crippen LogP contribution in [0.15, 0.2) is 72.8 Å². The number of hydrogen-bond donors (Lipinski definition) is 1. The van der Waals surface area contributed by atoms with Gasteiger partial charge in [0, 0.05) is 24.5 Å². The molecular weight excluding hydrogens is 503 g/mol. The zero-order valence-corrected chi connectivity index (χ0v) is 21.9. The highest BCUT2D eigenvalue weighted by atomic mass is 35.5. The Labute approximate surface area is 222 Å². The smallest absolute Gasteiger partial charge is 0.243 e. The van der Waals surface area contributed by atoms with Gasteiger partial charge in [0.05, 0.1) is 16.5 Å². The third-order valence-corrected chi connectivity index (χ3v) is 6.66. The molecule has 0 fully saturated rings. The molecular formula is C28H29Cl3N2O2. The number of nitrogens with zero attached hydrogens (tertiary/aromatic N) is 1. The molecule has 0 aliphatic heterocycles. The van der Waals surface area contributed by atoms with Gasteiger partial charge >= 0.3 is 0 Å². The fourth-order valence-corrected chi connectivity index (χ4v) is 4.35. The molecule has 0 saturated heterocycles. The Morgan fingerprint density at radius 3 is 2.29 bits per heavy atom. The maximum Gasteiger partial charge on any atom is 0.243 e. The van der Waals surface area contributed by atoms with Crippen LogP contribution in [-0.4, -0.2) is 29.3 Å². The molecule has 7 heteroatoms. The van der Waals surface area contributed by atoms with Gasteiger partial charge in [-0.05, 0) is 47.4 Å². The van der Waals surface area contributed by atoms with E-state index in [9.17, 15) is 9.59 Å². The first-order chi connectivity index (χ1) is 16.9. The van der Waals surface area contributed by atoms with Crippen molar-refractivity contribution in [1.29, 1.82) is 0 Å². The van der Waals surface area contributed by atoms with Crippen LogP contribution in [0.25, 0.3) is 0 Å². The molecule has 0 radical (unpaired) electrons. The Morgan fingerprint density at radius 1 is 0.857 bits per heavy atom. The van der Waals surface area contributed by atoms with Crippen LogP contribution < -0.4 is 5.32 Å². The predicted octanol–water partition coefficient (Wildman–Crippen LogP) is 6.75. The Kier molecular flexibility index (Phi) is 10.5. The fourth-order valence-electron chi connectivity index (χ4n) is 3.82. The zero-order chi connectivity index (χ0) is 25.2. The number of carbonyl (C=O) groups excluding carboxylic acids is 2. The number of hydrogen-bond acceptors (Lipinski definition) is 2. The minimum atomic E-state index is -0.699. The molecule has 4 nitrogen and oxygen atoms in total. The summed E-state index contributed by atoms with van der Waals surface area (Å²) in [7, 11) is 0. The summed E-state index contributed by atoms with van der Waals surface area (Å²) in [6.45, 7) is 2.84. The molecule has 3 rings (SSSR count). The van der Waals surface area contributed by atoms with Crippen molar-refractivity contribution in [3.05, 3.63) is 105 Å². The van der Waals surface area contributed by atoms with Crippen LogP contribution >= 0.6 is 34.8 Å². The fraction of sp³-hybridized carbons (Fsp3) is 0.286. The van der Waals surface area contributed by atoms with Crippen molar-refractivity contribution in [1.82, 2.24) is 10.2 Å². The summed E-state index contributed by atoms with van der Waals surface area (Å²) in [4.78, 5) is 28.7. The van der Waals surface area contributed by atoms with E-state index in [1.54, 1.807) is 29.2 Å². The molecule has 1 N–H and O–H groups in total. The highest BCUT2D eigenvalue weighted by molar-refractivity contribution is 6.42. The first kappa shape index (κ1) is 27.1. The van der Waals surface area contributed by atoms with Crippen LogP contribution in [-0.2, 0) is 29.0 Å². The number of nitrogens with one attached hydrogen (secondary N) is 1. The zero-order valence-electron chi connectivity index (χ0n) is 19.6. The van der Waals surface area contributed by atoms with Gasteiger partial charge in [-0.3, -0.25) is 9.59 Å². The summed E-state index contributed by atoms with van der Waals surface area (Å²) < 4.78 is 0. The first-order valence-electron chi connectivity index (χ1n) is 11.7. The second-order valence-electron chi connectivity index (χ2n) is 8.43. The van der Waals surface area contributed by atoms with E-state index in [2.05, 4.69) is 12.2 Å². The van der Waals surface area contributed by atoms with Gasteiger partial charge in [-0.25, -0.2) is 0 Å². The maximum absolute atomic E-state index is 13.7. The Bertz CT molecular complexity index is 1140. The molecule has 0 spiro atoms. The summed E-state index contributed by atoms with van der Waals surface area (Å²) in [5.41, 5.74) is 2.54. The summed E-state index contributed by atoms with van der Waals surface area (Å²) >= 11 is 18.5. The molecule has 0 unspecified atom stereocenters. The Balaban J connectivity index is 1.96. The summed E-state index contributed by atoms with van der Waals surface area (Å²) in [5, 5.41) is 4.41. The summed E-state index contributed by atoms with van der Waals surface area (Å²) in [5.74, 6) is -0.355. The molecule has 3 aromatic carbocycles. The lowest BCUT2D eigenvalue weighted by molar-refractivity contribution is -0.140. The van der Waals surface area contributed by atoms with E-state index in [1.165, 1.54) is 0 Å². The highest BCUT2D eigenvalue weighted by Crippen LogP contribution is 2.25.